The Labute approximate surface area is 144 Å². The van der Waals surface area contributed by atoms with Crippen LogP contribution in [0.15, 0.2) is 18.3 Å². The zero-order valence-electron chi connectivity index (χ0n) is 15.8. The highest BCUT2D eigenvalue weighted by Gasteiger charge is 2.51. The Balaban J connectivity index is 2.20. The first-order chi connectivity index (χ1) is 10.8. The molecule has 2 heterocycles. The van der Waals surface area contributed by atoms with Gasteiger partial charge in [-0.2, -0.15) is 0 Å². The maximum atomic E-state index is 12.2. The number of hydrogen-bond donors (Lipinski definition) is 0. The Kier molecular flexibility index (Phi) is 4.72. The summed E-state index contributed by atoms with van der Waals surface area (Å²) in [5, 5.41) is 0. The summed E-state index contributed by atoms with van der Waals surface area (Å²) in [6, 6.07) is 3.61. The van der Waals surface area contributed by atoms with Gasteiger partial charge in [0.25, 0.3) is 0 Å². The molecule has 0 saturated carbocycles. The van der Waals surface area contributed by atoms with E-state index < -0.39 is 30.0 Å². The third-order valence-corrected chi connectivity index (χ3v) is 4.31. The maximum Gasteiger partial charge on any atom is 0.495 e. The second-order valence-electron chi connectivity index (χ2n) is 8.07. The molecule has 0 bridgehead atoms. The van der Waals surface area contributed by atoms with E-state index in [0.717, 1.165) is 5.46 Å². The first kappa shape index (κ1) is 18.7. The summed E-state index contributed by atoms with van der Waals surface area (Å²) in [5.74, 6) is 0.483. The minimum Gasteiger partial charge on any atom is -0.443 e. The van der Waals surface area contributed by atoms with Gasteiger partial charge in [-0.25, -0.2) is 9.78 Å². The minimum atomic E-state index is -0.561. The average molecular weight is 334 g/mol. The minimum absolute atomic E-state index is 0.418. The lowest BCUT2D eigenvalue weighted by Gasteiger charge is -2.32. The van der Waals surface area contributed by atoms with Gasteiger partial charge < -0.3 is 14.0 Å². The van der Waals surface area contributed by atoms with Crippen molar-refractivity contribution >= 4 is 24.5 Å². The highest BCUT2D eigenvalue weighted by molar-refractivity contribution is 6.62. The number of carbonyl (C=O) groups is 1. The average Bonchev–Trinajstić information content (AvgIpc) is 2.65. The summed E-state index contributed by atoms with van der Waals surface area (Å²) in [7, 11) is 1.13. The van der Waals surface area contributed by atoms with Gasteiger partial charge in [-0.05, 0) is 66.1 Å². The molecule has 0 aromatic carbocycles. The van der Waals surface area contributed by atoms with Crippen LogP contribution in [0.3, 0.4) is 0 Å². The van der Waals surface area contributed by atoms with Gasteiger partial charge in [0.05, 0.1) is 11.2 Å². The van der Waals surface area contributed by atoms with Crippen molar-refractivity contribution in [2.45, 2.75) is 65.3 Å². The van der Waals surface area contributed by atoms with E-state index in [2.05, 4.69) is 4.98 Å². The van der Waals surface area contributed by atoms with Gasteiger partial charge in [0.2, 0.25) is 0 Å². The molecule has 1 aliphatic rings. The van der Waals surface area contributed by atoms with Crippen LogP contribution < -0.4 is 10.4 Å². The van der Waals surface area contributed by atoms with Crippen LogP contribution >= 0.6 is 0 Å². The lowest BCUT2D eigenvalue weighted by Crippen LogP contribution is -2.41. The van der Waals surface area contributed by atoms with Gasteiger partial charge in [-0.15, -0.1) is 0 Å². The quantitative estimate of drug-likeness (QED) is 0.779. The fourth-order valence-corrected chi connectivity index (χ4v) is 2.17. The molecule has 1 aliphatic heterocycles. The first-order valence-corrected chi connectivity index (χ1v) is 8.11. The Morgan fingerprint density at radius 3 is 2.25 bits per heavy atom. The molecule has 1 fully saturated rings. The highest BCUT2D eigenvalue weighted by Crippen LogP contribution is 2.36. The lowest BCUT2D eigenvalue weighted by molar-refractivity contribution is 0.00578. The number of ether oxygens (including phenoxy) is 1. The number of aromatic nitrogens is 1. The largest absolute Gasteiger partial charge is 0.495 e. The van der Waals surface area contributed by atoms with Gasteiger partial charge in [0.15, 0.2) is 0 Å². The summed E-state index contributed by atoms with van der Waals surface area (Å²) in [4.78, 5) is 17.8. The molecule has 0 aliphatic carbocycles. The third kappa shape index (κ3) is 3.90. The van der Waals surface area contributed by atoms with Crippen molar-refractivity contribution in [3.05, 3.63) is 18.3 Å². The number of hydrogen-bond acceptors (Lipinski definition) is 5. The molecule has 132 valence electrons. The molecule has 0 unspecified atom stereocenters. The van der Waals surface area contributed by atoms with E-state index in [1.54, 1.807) is 19.3 Å². The third-order valence-electron chi connectivity index (χ3n) is 4.31. The Morgan fingerprint density at radius 2 is 1.75 bits per heavy atom. The number of rotatable bonds is 2. The monoisotopic (exact) mass is 334 g/mol. The molecule has 0 N–H and O–H groups in total. The van der Waals surface area contributed by atoms with E-state index in [9.17, 15) is 4.79 Å². The van der Waals surface area contributed by atoms with Crippen LogP contribution in [0.5, 0.6) is 0 Å². The van der Waals surface area contributed by atoms with Gasteiger partial charge in [-0.3, -0.25) is 4.90 Å². The summed E-state index contributed by atoms with van der Waals surface area (Å²) in [5.41, 5.74) is -0.584. The zero-order chi connectivity index (χ0) is 18.3. The van der Waals surface area contributed by atoms with Crippen LogP contribution in [0, 0.1) is 0 Å². The molecule has 24 heavy (non-hydrogen) atoms. The van der Waals surface area contributed by atoms with Crippen molar-refractivity contribution in [2.24, 2.45) is 0 Å². The van der Waals surface area contributed by atoms with E-state index >= 15 is 0 Å². The number of anilines is 1. The summed E-state index contributed by atoms with van der Waals surface area (Å²) in [6.07, 6.45) is 1.18. The smallest absolute Gasteiger partial charge is 0.443 e. The van der Waals surface area contributed by atoms with Crippen molar-refractivity contribution in [2.75, 3.05) is 11.9 Å². The van der Waals surface area contributed by atoms with Gasteiger partial charge >= 0.3 is 13.2 Å². The fourth-order valence-electron chi connectivity index (χ4n) is 2.17. The van der Waals surface area contributed by atoms with E-state index in [0.29, 0.717) is 5.82 Å². The van der Waals surface area contributed by atoms with Crippen LogP contribution in [0.2, 0.25) is 0 Å². The maximum absolute atomic E-state index is 12.2. The van der Waals surface area contributed by atoms with Crippen molar-refractivity contribution in [3.8, 4) is 0 Å². The lowest BCUT2D eigenvalue weighted by atomic mass is 9.79. The second-order valence-corrected chi connectivity index (χ2v) is 8.07. The molecule has 2 rings (SSSR count). The molecular weight excluding hydrogens is 307 g/mol. The number of carbonyl (C=O) groups excluding carboxylic acids is 1. The molecule has 1 amide bonds. The summed E-state index contributed by atoms with van der Waals surface area (Å²) in [6.45, 7) is 13.5. The number of nitrogens with zero attached hydrogens (tertiary/aromatic N) is 2. The molecule has 1 aromatic heterocycles. The van der Waals surface area contributed by atoms with Crippen LogP contribution in [-0.2, 0) is 14.0 Å². The van der Waals surface area contributed by atoms with Crippen LogP contribution in [-0.4, -0.2) is 42.0 Å². The van der Waals surface area contributed by atoms with Gasteiger partial charge in [-0.1, -0.05) is 0 Å². The van der Waals surface area contributed by atoms with Crippen molar-refractivity contribution in [1.29, 1.82) is 0 Å². The standard InChI is InChI=1S/C17H27BN2O4/c1-15(2,3)22-14(21)20(8)13-11-12(9-10-19-13)18-23-16(4,5)17(6,7)24-18/h9-11H,1-8H3. The predicted molar refractivity (Wildman–Crippen MR) is 94.6 cm³/mol. The molecule has 0 radical (unpaired) electrons. The Morgan fingerprint density at radius 1 is 1.21 bits per heavy atom. The van der Waals surface area contributed by atoms with Crippen LogP contribution in [0.25, 0.3) is 0 Å². The first-order valence-electron chi connectivity index (χ1n) is 8.11. The molecule has 7 heteroatoms. The summed E-state index contributed by atoms with van der Waals surface area (Å²) >= 11 is 0. The van der Waals surface area contributed by atoms with Crippen LogP contribution in [0.4, 0.5) is 10.6 Å². The topological polar surface area (TPSA) is 60.9 Å². The van der Waals surface area contributed by atoms with Crippen molar-refractivity contribution < 1.29 is 18.8 Å². The van der Waals surface area contributed by atoms with Gasteiger partial charge in [0, 0.05) is 13.2 Å². The Bertz CT molecular complexity index is 609. The normalized spacial score (nSPS) is 19.2. The zero-order valence-corrected chi connectivity index (χ0v) is 15.8. The number of pyridine rings is 1. The Hall–Kier alpha value is -1.60. The van der Waals surface area contributed by atoms with E-state index in [4.69, 9.17) is 14.0 Å². The van der Waals surface area contributed by atoms with Crippen molar-refractivity contribution in [3.63, 3.8) is 0 Å². The highest BCUT2D eigenvalue weighted by atomic mass is 16.7. The van der Waals surface area contributed by atoms with Crippen molar-refractivity contribution in [1.82, 2.24) is 4.98 Å². The van der Waals surface area contributed by atoms with Crippen LogP contribution in [0.1, 0.15) is 48.5 Å². The molecular formula is C17H27BN2O4. The molecule has 0 spiro atoms. The van der Waals surface area contributed by atoms with Gasteiger partial charge in [0.1, 0.15) is 11.4 Å². The molecule has 1 aromatic rings. The summed E-state index contributed by atoms with van der Waals surface area (Å²) < 4.78 is 17.5. The SMILES string of the molecule is CN(C(=O)OC(C)(C)C)c1cc(B2OC(C)(C)C(C)(C)O2)ccn1. The number of amides is 1. The fraction of sp³-hybridized carbons (Fsp3) is 0.647. The predicted octanol–water partition coefficient (Wildman–Crippen LogP) is 2.75. The molecule has 0 atom stereocenters. The van der Waals surface area contributed by atoms with E-state index in [1.165, 1.54) is 4.90 Å². The second kappa shape index (κ2) is 6.04. The van der Waals surface area contributed by atoms with E-state index in [-0.39, 0.29) is 0 Å². The molecule has 1 saturated heterocycles. The van der Waals surface area contributed by atoms with E-state index in [1.807, 2.05) is 54.5 Å². The molecule has 6 nitrogen and oxygen atoms in total.